The molecule has 2 N–H and O–H groups in total. The number of carbonyl (C=O) groups excluding carboxylic acids is 1. The Balaban J connectivity index is 1.57. The van der Waals surface area contributed by atoms with Gasteiger partial charge in [-0.3, -0.25) is 19.0 Å². The molecule has 4 rings (SSSR count). The summed E-state index contributed by atoms with van der Waals surface area (Å²) in [6, 6.07) is 15.9. The third kappa shape index (κ3) is 3.80. The van der Waals surface area contributed by atoms with Gasteiger partial charge in [-0.2, -0.15) is 10.2 Å². The number of amides is 1. The molecule has 0 radical (unpaired) electrons. The highest BCUT2D eigenvalue weighted by atomic mass is 16.4. The van der Waals surface area contributed by atoms with E-state index >= 15 is 0 Å². The maximum Gasteiger partial charge on any atom is 0.325 e. The fourth-order valence-electron chi connectivity index (χ4n) is 3.51. The summed E-state index contributed by atoms with van der Waals surface area (Å²) in [6.45, 7) is 4.03. The average molecular weight is 403 g/mol. The molecule has 2 aromatic carbocycles. The summed E-state index contributed by atoms with van der Waals surface area (Å²) in [4.78, 5) is 23.4. The summed E-state index contributed by atoms with van der Waals surface area (Å²) in [6.07, 6.45) is 1.46. The van der Waals surface area contributed by atoms with Gasteiger partial charge in [-0.1, -0.05) is 42.5 Å². The van der Waals surface area contributed by atoms with Gasteiger partial charge in [0, 0.05) is 6.20 Å². The van der Waals surface area contributed by atoms with Gasteiger partial charge in [0.05, 0.1) is 23.6 Å². The van der Waals surface area contributed by atoms with E-state index in [1.807, 2.05) is 36.7 Å². The molecule has 8 heteroatoms. The van der Waals surface area contributed by atoms with Gasteiger partial charge in [-0.25, -0.2) is 0 Å². The van der Waals surface area contributed by atoms with E-state index in [0.29, 0.717) is 17.9 Å². The molecule has 0 bridgehead atoms. The number of hydrogen-bond donors (Lipinski definition) is 2. The Morgan fingerprint density at radius 3 is 2.60 bits per heavy atom. The molecule has 2 heterocycles. The molecule has 4 aromatic rings. The summed E-state index contributed by atoms with van der Waals surface area (Å²) < 4.78 is 3.08. The lowest BCUT2D eigenvalue weighted by molar-refractivity contribution is -0.137. The number of benzene rings is 2. The summed E-state index contributed by atoms with van der Waals surface area (Å²) in [5, 5.41) is 22.6. The lowest BCUT2D eigenvalue weighted by Gasteiger charge is -2.09. The third-order valence-corrected chi connectivity index (χ3v) is 4.99. The van der Waals surface area contributed by atoms with Crippen LogP contribution in [0.5, 0.6) is 0 Å². The van der Waals surface area contributed by atoms with Gasteiger partial charge in [0.25, 0.3) is 5.91 Å². The molecule has 152 valence electrons. The van der Waals surface area contributed by atoms with Gasteiger partial charge in [0.2, 0.25) is 0 Å². The van der Waals surface area contributed by atoms with Crippen molar-refractivity contribution in [3.05, 3.63) is 77.4 Å². The number of carboxylic acid groups (broad SMARTS) is 1. The van der Waals surface area contributed by atoms with Crippen molar-refractivity contribution in [1.82, 2.24) is 19.6 Å². The number of carboxylic acids is 1. The molecule has 8 nitrogen and oxygen atoms in total. The van der Waals surface area contributed by atoms with Crippen LogP contribution in [-0.2, 0) is 17.9 Å². The van der Waals surface area contributed by atoms with E-state index in [-0.39, 0.29) is 12.2 Å². The van der Waals surface area contributed by atoms with Gasteiger partial charge in [0.1, 0.15) is 6.54 Å². The number of carbonyl (C=O) groups is 2. The minimum Gasteiger partial charge on any atom is -0.480 e. The number of anilines is 1. The summed E-state index contributed by atoms with van der Waals surface area (Å²) in [5.41, 5.74) is 3.46. The first-order chi connectivity index (χ1) is 14.4. The number of nitrogens with one attached hydrogen (secondary N) is 1. The number of nitrogens with zero attached hydrogens (tertiary/aromatic N) is 4. The molecule has 1 amide bonds. The number of aryl methyl sites for hydroxylation is 1. The molecule has 0 aliphatic carbocycles. The van der Waals surface area contributed by atoms with Crippen LogP contribution < -0.4 is 5.32 Å². The SMILES string of the molecule is Cc1nn(Cc2cccc3ccccc23)c(C)c1NC(=O)c1ccn(CC(=O)O)n1. The van der Waals surface area contributed by atoms with Crippen LogP contribution in [0.3, 0.4) is 0 Å². The van der Waals surface area contributed by atoms with Crippen LogP contribution in [0.4, 0.5) is 5.69 Å². The van der Waals surface area contributed by atoms with E-state index in [2.05, 4.69) is 39.8 Å². The minimum atomic E-state index is -1.02. The van der Waals surface area contributed by atoms with Crippen molar-refractivity contribution in [3.8, 4) is 0 Å². The topological polar surface area (TPSA) is 102 Å². The predicted octanol–water partition coefficient (Wildman–Crippen LogP) is 3.23. The van der Waals surface area contributed by atoms with E-state index < -0.39 is 11.9 Å². The molecule has 0 unspecified atom stereocenters. The van der Waals surface area contributed by atoms with Gasteiger partial charge < -0.3 is 10.4 Å². The fourth-order valence-corrected chi connectivity index (χ4v) is 3.51. The number of aromatic nitrogens is 4. The quantitative estimate of drug-likeness (QED) is 0.515. The second-order valence-electron chi connectivity index (χ2n) is 7.09. The predicted molar refractivity (Wildman–Crippen MR) is 113 cm³/mol. The molecule has 0 fully saturated rings. The highest BCUT2D eigenvalue weighted by molar-refractivity contribution is 6.03. The van der Waals surface area contributed by atoms with E-state index in [1.54, 1.807) is 0 Å². The lowest BCUT2D eigenvalue weighted by Crippen LogP contribution is -2.16. The van der Waals surface area contributed by atoms with E-state index in [9.17, 15) is 9.59 Å². The maximum absolute atomic E-state index is 12.6. The molecular weight excluding hydrogens is 382 g/mol. The Kier molecular flexibility index (Phi) is 5.05. The normalized spacial score (nSPS) is 11.0. The number of aliphatic carboxylic acids is 1. The first-order valence-electron chi connectivity index (χ1n) is 9.49. The van der Waals surface area contributed by atoms with Crippen molar-refractivity contribution in [1.29, 1.82) is 0 Å². The van der Waals surface area contributed by atoms with Crippen LogP contribution in [0.2, 0.25) is 0 Å². The molecule has 0 aliphatic rings. The standard InChI is InChI=1S/C22H21N5O3/c1-14-21(23-22(30)19-10-11-26(25-19)13-20(28)29)15(2)27(24-14)12-17-8-5-7-16-6-3-4-9-18(16)17/h3-11H,12-13H2,1-2H3,(H,23,30)(H,28,29). The highest BCUT2D eigenvalue weighted by Gasteiger charge is 2.18. The minimum absolute atomic E-state index is 0.150. The third-order valence-electron chi connectivity index (χ3n) is 4.99. The van der Waals surface area contributed by atoms with Crippen molar-refractivity contribution in [2.45, 2.75) is 26.9 Å². The zero-order valence-electron chi connectivity index (χ0n) is 16.7. The largest absolute Gasteiger partial charge is 0.480 e. The zero-order valence-corrected chi connectivity index (χ0v) is 16.7. The van der Waals surface area contributed by atoms with Gasteiger partial charge >= 0.3 is 5.97 Å². The van der Waals surface area contributed by atoms with Crippen molar-refractivity contribution in [2.24, 2.45) is 0 Å². The van der Waals surface area contributed by atoms with Crippen molar-refractivity contribution in [3.63, 3.8) is 0 Å². The summed E-state index contributed by atoms with van der Waals surface area (Å²) in [5.74, 6) is -1.43. The van der Waals surface area contributed by atoms with E-state index in [4.69, 9.17) is 5.11 Å². The van der Waals surface area contributed by atoms with Crippen LogP contribution in [0, 0.1) is 13.8 Å². The van der Waals surface area contributed by atoms with Gasteiger partial charge in [-0.15, -0.1) is 0 Å². The monoisotopic (exact) mass is 403 g/mol. The summed E-state index contributed by atoms with van der Waals surface area (Å²) in [7, 11) is 0. The Morgan fingerprint density at radius 1 is 1.03 bits per heavy atom. The maximum atomic E-state index is 12.6. The van der Waals surface area contributed by atoms with E-state index in [0.717, 1.165) is 11.3 Å². The molecule has 2 aromatic heterocycles. The van der Waals surface area contributed by atoms with Gasteiger partial charge in [0.15, 0.2) is 5.69 Å². The van der Waals surface area contributed by atoms with Crippen LogP contribution in [-0.4, -0.2) is 36.5 Å². The van der Waals surface area contributed by atoms with Crippen molar-refractivity contribution >= 4 is 28.3 Å². The van der Waals surface area contributed by atoms with Crippen LogP contribution in [0.1, 0.15) is 27.4 Å². The summed E-state index contributed by atoms with van der Waals surface area (Å²) >= 11 is 0. The van der Waals surface area contributed by atoms with Crippen LogP contribution in [0.25, 0.3) is 10.8 Å². The van der Waals surface area contributed by atoms with Crippen molar-refractivity contribution in [2.75, 3.05) is 5.32 Å². The highest BCUT2D eigenvalue weighted by Crippen LogP contribution is 2.24. The zero-order chi connectivity index (χ0) is 21.3. The number of rotatable bonds is 6. The number of hydrogen-bond acceptors (Lipinski definition) is 4. The molecule has 0 atom stereocenters. The Morgan fingerprint density at radius 2 is 1.80 bits per heavy atom. The average Bonchev–Trinajstić information content (AvgIpc) is 3.28. The number of fused-ring (bicyclic) bond motifs is 1. The molecule has 0 aliphatic heterocycles. The molecule has 0 saturated heterocycles. The van der Waals surface area contributed by atoms with Crippen molar-refractivity contribution < 1.29 is 14.7 Å². The Bertz CT molecular complexity index is 1250. The second kappa shape index (κ2) is 7.82. The molecule has 30 heavy (non-hydrogen) atoms. The smallest absolute Gasteiger partial charge is 0.325 e. The van der Waals surface area contributed by atoms with E-state index in [1.165, 1.54) is 27.7 Å². The van der Waals surface area contributed by atoms with Crippen LogP contribution >= 0.6 is 0 Å². The van der Waals surface area contributed by atoms with Crippen LogP contribution in [0.15, 0.2) is 54.7 Å². The Hall–Kier alpha value is -3.94. The fraction of sp³-hybridized carbons (Fsp3) is 0.182. The molecular formula is C22H21N5O3. The molecule has 0 saturated carbocycles. The molecule has 0 spiro atoms. The first-order valence-corrected chi connectivity index (χ1v) is 9.49. The second-order valence-corrected chi connectivity index (χ2v) is 7.09. The Labute approximate surface area is 172 Å². The lowest BCUT2D eigenvalue weighted by atomic mass is 10.0. The van der Waals surface area contributed by atoms with Gasteiger partial charge in [-0.05, 0) is 36.2 Å². The first kappa shape index (κ1) is 19.4.